The molecular weight excluding hydrogens is 262 g/mol. The van der Waals surface area contributed by atoms with E-state index in [9.17, 15) is 14.9 Å². The van der Waals surface area contributed by atoms with E-state index in [1.165, 1.54) is 18.7 Å². The Morgan fingerprint density at radius 1 is 1.60 bits per heavy atom. The summed E-state index contributed by atoms with van der Waals surface area (Å²) in [4.78, 5) is 22.8. The molecule has 1 amide bonds. The molecule has 1 aromatic rings. The topological polar surface area (TPSA) is 102 Å². The molecule has 0 bridgehead atoms. The molecule has 0 saturated carbocycles. The van der Waals surface area contributed by atoms with Crippen LogP contribution in [0.1, 0.15) is 35.9 Å². The van der Waals surface area contributed by atoms with Gasteiger partial charge in [0.2, 0.25) is 5.69 Å². The molecule has 2 unspecified atom stereocenters. The molecule has 2 N–H and O–H groups in total. The molecule has 20 heavy (non-hydrogen) atoms. The van der Waals surface area contributed by atoms with Crippen LogP contribution in [-0.4, -0.2) is 39.2 Å². The summed E-state index contributed by atoms with van der Waals surface area (Å²) in [6.07, 6.45) is 1.84. The molecular formula is C12H19N5O3. The van der Waals surface area contributed by atoms with Crippen molar-refractivity contribution in [2.24, 2.45) is 7.05 Å². The van der Waals surface area contributed by atoms with Gasteiger partial charge in [-0.3, -0.25) is 19.6 Å². The lowest BCUT2D eigenvalue weighted by Crippen LogP contribution is -2.52. The normalized spacial score (nSPS) is 22.6. The summed E-state index contributed by atoms with van der Waals surface area (Å²) in [7, 11) is 1.54. The van der Waals surface area contributed by atoms with Crippen LogP contribution in [0.5, 0.6) is 0 Å². The third-order valence-electron chi connectivity index (χ3n) is 3.67. The largest absolute Gasteiger partial charge is 0.346 e. The van der Waals surface area contributed by atoms with Gasteiger partial charge in [0.25, 0.3) is 5.91 Å². The highest BCUT2D eigenvalue weighted by atomic mass is 16.6. The standard InChI is InChI=1S/C12H19N5O3/c1-7-9(5-4-6-13-7)14-12(18)11-10(17(19)20)8(2)15-16(11)3/h7,9,13H,4-6H2,1-3H3,(H,14,18). The summed E-state index contributed by atoms with van der Waals surface area (Å²) in [6.45, 7) is 4.45. The summed E-state index contributed by atoms with van der Waals surface area (Å²) in [5, 5.41) is 21.2. The van der Waals surface area contributed by atoms with Crippen molar-refractivity contribution in [3.05, 3.63) is 21.5 Å². The van der Waals surface area contributed by atoms with Gasteiger partial charge in [-0.05, 0) is 33.2 Å². The Hall–Kier alpha value is -1.96. The number of hydrogen-bond donors (Lipinski definition) is 2. The van der Waals surface area contributed by atoms with Gasteiger partial charge in [-0.25, -0.2) is 0 Å². The highest BCUT2D eigenvalue weighted by Gasteiger charge is 2.31. The number of amides is 1. The number of piperidine rings is 1. The fourth-order valence-electron chi connectivity index (χ4n) is 2.60. The molecule has 1 fully saturated rings. The Morgan fingerprint density at radius 3 is 2.90 bits per heavy atom. The van der Waals surface area contributed by atoms with Gasteiger partial charge >= 0.3 is 5.69 Å². The average Bonchev–Trinajstić information content (AvgIpc) is 2.67. The molecule has 1 aliphatic rings. The molecule has 0 aromatic carbocycles. The summed E-state index contributed by atoms with van der Waals surface area (Å²) >= 11 is 0. The van der Waals surface area contributed by atoms with Gasteiger partial charge in [-0.15, -0.1) is 0 Å². The van der Waals surface area contributed by atoms with Gasteiger partial charge in [-0.1, -0.05) is 0 Å². The molecule has 8 heteroatoms. The van der Waals surface area contributed by atoms with Gasteiger partial charge in [0.1, 0.15) is 5.69 Å². The number of rotatable bonds is 3. The molecule has 2 rings (SSSR count). The molecule has 0 radical (unpaired) electrons. The van der Waals surface area contributed by atoms with E-state index in [-0.39, 0.29) is 29.2 Å². The van der Waals surface area contributed by atoms with Crippen molar-refractivity contribution in [2.75, 3.05) is 6.54 Å². The summed E-state index contributed by atoms with van der Waals surface area (Å²) in [5.74, 6) is -0.444. The fraction of sp³-hybridized carbons (Fsp3) is 0.667. The quantitative estimate of drug-likeness (QED) is 0.620. The second-order valence-electron chi connectivity index (χ2n) is 5.13. The SMILES string of the molecule is Cc1nn(C)c(C(=O)NC2CCCNC2C)c1[N+](=O)[O-]. The number of hydrogen-bond acceptors (Lipinski definition) is 5. The lowest BCUT2D eigenvalue weighted by molar-refractivity contribution is -0.385. The zero-order chi connectivity index (χ0) is 14.9. The number of nitrogens with one attached hydrogen (secondary N) is 2. The predicted molar refractivity (Wildman–Crippen MR) is 72.6 cm³/mol. The Labute approximate surface area is 116 Å². The summed E-state index contributed by atoms with van der Waals surface area (Å²) < 4.78 is 1.27. The van der Waals surface area contributed by atoms with Gasteiger partial charge in [-0.2, -0.15) is 5.10 Å². The molecule has 2 atom stereocenters. The third-order valence-corrected chi connectivity index (χ3v) is 3.67. The van der Waals surface area contributed by atoms with Crippen LogP contribution in [0.25, 0.3) is 0 Å². The highest BCUT2D eigenvalue weighted by Crippen LogP contribution is 2.22. The average molecular weight is 281 g/mol. The summed E-state index contributed by atoms with van der Waals surface area (Å²) in [6, 6.07) is 0.132. The van der Waals surface area contributed by atoms with Crippen LogP contribution in [-0.2, 0) is 7.05 Å². The van der Waals surface area contributed by atoms with Crippen molar-refractivity contribution < 1.29 is 9.72 Å². The molecule has 1 aliphatic heterocycles. The van der Waals surface area contributed by atoms with Crippen LogP contribution >= 0.6 is 0 Å². The predicted octanol–water partition coefficient (Wildman–Crippen LogP) is 0.507. The first-order valence-corrected chi connectivity index (χ1v) is 6.64. The number of aromatic nitrogens is 2. The lowest BCUT2D eigenvalue weighted by Gasteiger charge is -2.30. The molecule has 2 heterocycles. The van der Waals surface area contributed by atoms with E-state index in [2.05, 4.69) is 15.7 Å². The van der Waals surface area contributed by atoms with Crippen molar-refractivity contribution in [3.8, 4) is 0 Å². The van der Waals surface area contributed by atoms with Crippen molar-refractivity contribution >= 4 is 11.6 Å². The monoisotopic (exact) mass is 281 g/mol. The summed E-state index contributed by atoms with van der Waals surface area (Å²) in [5.41, 5.74) is 0.0316. The molecule has 0 aliphatic carbocycles. The number of carbonyl (C=O) groups is 1. The van der Waals surface area contributed by atoms with E-state index >= 15 is 0 Å². The third kappa shape index (κ3) is 2.64. The first kappa shape index (κ1) is 14.4. The van der Waals surface area contributed by atoms with Crippen LogP contribution in [0.3, 0.4) is 0 Å². The van der Waals surface area contributed by atoms with E-state index in [1.54, 1.807) is 0 Å². The second-order valence-corrected chi connectivity index (χ2v) is 5.13. The lowest BCUT2D eigenvalue weighted by atomic mass is 10.00. The van der Waals surface area contributed by atoms with Crippen LogP contribution in [0, 0.1) is 17.0 Å². The first-order valence-electron chi connectivity index (χ1n) is 6.64. The molecule has 1 saturated heterocycles. The molecule has 110 valence electrons. The molecule has 1 aromatic heterocycles. The van der Waals surface area contributed by atoms with Crippen molar-refractivity contribution in [2.45, 2.75) is 38.8 Å². The zero-order valence-electron chi connectivity index (χ0n) is 11.8. The van der Waals surface area contributed by atoms with E-state index in [0.29, 0.717) is 0 Å². The molecule has 0 spiro atoms. The number of nitro groups is 1. The van der Waals surface area contributed by atoms with Crippen molar-refractivity contribution in [3.63, 3.8) is 0 Å². The van der Waals surface area contributed by atoms with Crippen LogP contribution in [0.15, 0.2) is 0 Å². The van der Waals surface area contributed by atoms with Crippen LogP contribution in [0.4, 0.5) is 5.69 Å². The first-order chi connectivity index (χ1) is 9.41. The minimum Gasteiger partial charge on any atom is -0.346 e. The van der Waals surface area contributed by atoms with Crippen molar-refractivity contribution in [1.82, 2.24) is 20.4 Å². The Kier molecular flexibility index (Phi) is 4.03. The van der Waals surface area contributed by atoms with Crippen molar-refractivity contribution in [1.29, 1.82) is 0 Å². The minimum absolute atomic E-state index is 0.00488. The number of carbonyl (C=O) groups excluding carboxylic acids is 1. The van der Waals surface area contributed by atoms with Gasteiger partial charge < -0.3 is 10.6 Å². The van der Waals surface area contributed by atoms with E-state index in [0.717, 1.165) is 19.4 Å². The maximum absolute atomic E-state index is 12.3. The second kappa shape index (κ2) is 5.58. The number of nitrogens with zero attached hydrogens (tertiary/aromatic N) is 3. The maximum Gasteiger partial charge on any atom is 0.322 e. The van der Waals surface area contributed by atoms with Crippen LogP contribution in [0.2, 0.25) is 0 Å². The Bertz CT molecular complexity index is 539. The fourth-order valence-corrected chi connectivity index (χ4v) is 2.60. The van der Waals surface area contributed by atoms with Gasteiger partial charge in [0.05, 0.1) is 4.92 Å². The highest BCUT2D eigenvalue weighted by molar-refractivity contribution is 5.97. The minimum atomic E-state index is -0.556. The van der Waals surface area contributed by atoms with Gasteiger partial charge in [0, 0.05) is 19.1 Å². The van der Waals surface area contributed by atoms with Gasteiger partial charge in [0.15, 0.2) is 0 Å². The molecule has 8 nitrogen and oxygen atoms in total. The van der Waals surface area contributed by atoms with E-state index < -0.39 is 10.8 Å². The van der Waals surface area contributed by atoms with E-state index in [4.69, 9.17) is 0 Å². The number of aryl methyl sites for hydroxylation is 2. The Morgan fingerprint density at radius 2 is 2.30 bits per heavy atom. The van der Waals surface area contributed by atoms with E-state index in [1.807, 2.05) is 6.92 Å². The Balaban J connectivity index is 2.23. The smallest absolute Gasteiger partial charge is 0.322 e. The van der Waals surface area contributed by atoms with Crippen LogP contribution < -0.4 is 10.6 Å². The maximum atomic E-state index is 12.3. The zero-order valence-corrected chi connectivity index (χ0v) is 11.8.